The Kier molecular flexibility index (Phi) is 12.8. The molecule has 0 spiro atoms. The van der Waals surface area contributed by atoms with Gasteiger partial charge in [-0.2, -0.15) is 0 Å². The van der Waals surface area contributed by atoms with E-state index in [-0.39, 0.29) is 49.2 Å². The molecule has 2 heterocycles. The Bertz CT molecular complexity index is 1510. The molecule has 4 atom stereocenters. The number of rotatable bonds is 7. The first-order chi connectivity index (χ1) is 23.0. The summed E-state index contributed by atoms with van der Waals surface area (Å²) in [6.45, 7) is 9.86. The van der Waals surface area contributed by atoms with E-state index in [9.17, 15) is 19.5 Å². The summed E-state index contributed by atoms with van der Waals surface area (Å²) in [5.41, 5.74) is 2.41. The van der Waals surface area contributed by atoms with Crippen molar-refractivity contribution < 1.29 is 33.5 Å². The molecule has 0 fully saturated rings. The molecule has 0 bridgehead atoms. The number of aromatic nitrogens is 1. The van der Waals surface area contributed by atoms with Gasteiger partial charge in [-0.05, 0) is 77.3 Å². The number of amides is 5. The van der Waals surface area contributed by atoms with Crippen molar-refractivity contribution in [2.75, 3.05) is 49.3 Å². The number of aliphatic hydroxyl groups excluding tert-OH is 1. The SMILES string of the molecule is Cc1noc(C)c1NC(=O)N(C)C[C@@H]1OCCCC[C@@H](C)Oc2ccc(NC(=O)Nc3ccccc3)cc2C(=O)N([C@@H](C)CO)C[C@H]1C. The van der Waals surface area contributed by atoms with Gasteiger partial charge >= 0.3 is 12.1 Å². The molecule has 0 aliphatic carbocycles. The normalized spacial score (nSPS) is 19.7. The van der Waals surface area contributed by atoms with Gasteiger partial charge in [0, 0.05) is 44.0 Å². The first kappa shape index (κ1) is 36.2. The lowest BCUT2D eigenvalue weighted by molar-refractivity contribution is -0.0115. The van der Waals surface area contributed by atoms with E-state index in [1.165, 1.54) is 0 Å². The average Bonchev–Trinajstić information content (AvgIpc) is 3.38. The summed E-state index contributed by atoms with van der Waals surface area (Å²) in [6.07, 6.45) is 1.73. The Balaban J connectivity index is 1.58. The van der Waals surface area contributed by atoms with Gasteiger partial charge in [-0.1, -0.05) is 30.3 Å². The first-order valence-corrected chi connectivity index (χ1v) is 16.4. The number of carbonyl (C=O) groups excluding carboxylic acids is 3. The zero-order valence-electron chi connectivity index (χ0n) is 28.6. The van der Waals surface area contributed by atoms with Crippen LogP contribution in [0.15, 0.2) is 53.1 Å². The van der Waals surface area contributed by atoms with Crippen LogP contribution in [0.2, 0.25) is 0 Å². The van der Waals surface area contributed by atoms with E-state index in [4.69, 9.17) is 14.0 Å². The summed E-state index contributed by atoms with van der Waals surface area (Å²) in [5, 5.41) is 22.6. The summed E-state index contributed by atoms with van der Waals surface area (Å²) < 4.78 is 17.8. The molecule has 48 heavy (non-hydrogen) atoms. The minimum atomic E-state index is -0.544. The molecule has 260 valence electrons. The van der Waals surface area contributed by atoms with Crippen molar-refractivity contribution in [1.29, 1.82) is 0 Å². The lowest BCUT2D eigenvalue weighted by Gasteiger charge is -2.35. The minimum Gasteiger partial charge on any atom is -0.490 e. The third kappa shape index (κ3) is 9.71. The smallest absolute Gasteiger partial charge is 0.323 e. The van der Waals surface area contributed by atoms with E-state index in [0.29, 0.717) is 40.9 Å². The number of benzene rings is 2. The second-order valence-electron chi connectivity index (χ2n) is 12.5. The Morgan fingerprint density at radius 2 is 1.79 bits per heavy atom. The van der Waals surface area contributed by atoms with Crippen molar-refractivity contribution in [3.8, 4) is 5.75 Å². The Hall–Kier alpha value is -4.62. The number of carbonyl (C=O) groups is 3. The number of anilines is 3. The van der Waals surface area contributed by atoms with Crippen molar-refractivity contribution in [2.24, 2.45) is 5.92 Å². The van der Waals surface area contributed by atoms with Crippen LogP contribution < -0.4 is 20.7 Å². The standard InChI is InChI=1S/C35H48N6O7/c1-22-19-41(23(2)21-42)33(43)29-18-28(37-34(44)36-27-13-8-7-9-14-27)15-16-30(29)47-24(3)12-10-11-17-46-31(22)20-40(6)35(45)38-32-25(4)39-48-26(32)5/h7-9,13-16,18,22-24,31,42H,10-12,17,19-21H2,1-6H3,(H,38,45)(H2,36,37,44)/t22-,23+,24-,31+/m1/s1. The molecular formula is C35H48N6O7. The van der Waals surface area contributed by atoms with E-state index in [1.807, 2.05) is 32.0 Å². The average molecular weight is 665 g/mol. The van der Waals surface area contributed by atoms with Crippen molar-refractivity contribution in [3.63, 3.8) is 0 Å². The molecule has 3 aromatic rings. The molecular weight excluding hydrogens is 616 g/mol. The van der Waals surface area contributed by atoms with Crippen LogP contribution in [-0.2, 0) is 4.74 Å². The summed E-state index contributed by atoms with van der Waals surface area (Å²) in [5.74, 6) is 0.307. The van der Waals surface area contributed by atoms with Gasteiger partial charge in [-0.25, -0.2) is 9.59 Å². The van der Waals surface area contributed by atoms with E-state index < -0.39 is 18.2 Å². The van der Waals surface area contributed by atoms with Gasteiger partial charge < -0.3 is 44.9 Å². The molecule has 2 aromatic carbocycles. The number of likely N-dealkylation sites (N-methyl/N-ethyl adjacent to an activating group) is 1. The van der Waals surface area contributed by atoms with Gasteiger partial charge in [-0.3, -0.25) is 4.79 Å². The van der Waals surface area contributed by atoms with Gasteiger partial charge in [0.25, 0.3) is 5.91 Å². The Labute approximate surface area is 281 Å². The zero-order valence-corrected chi connectivity index (χ0v) is 28.6. The molecule has 5 amide bonds. The summed E-state index contributed by atoms with van der Waals surface area (Å²) in [6, 6.07) is 12.7. The molecule has 1 aliphatic rings. The van der Waals surface area contributed by atoms with Crippen molar-refractivity contribution >= 4 is 35.0 Å². The van der Waals surface area contributed by atoms with Gasteiger partial charge in [0.05, 0.1) is 30.4 Å². The highest BCUT2D eigenvalue weighted by molar-refractivity contribution is 6.02. The number of hydrogen-bond donors (Lipinski definition) is 4. The number of urea groups is 2. The zero-order chi connectivity index (χ0) is 34.8. The highest BCUT2D eigenvalue weighted by Gasteiger charge is 2.31. The molecule has 0 radical (unpaired) electrons. The van der Waals surface area contributed by atoms with E-state index in [0.717, 1.165) is 19.3 Å². The van der Waals surface area contributed by atoms with Crippen LogP contribution in [0.3, 0.4) is 0 Å². The number of nitrogens with zero attached hydrogens (tertiary/aromatic N) is 3. The van der Waals surface area contributed by atoms with E-state index in [2.05, 4.69) is 21.1 Å². The number of nitrogens with one attached hydrogen (secondary N) is 3. The van der Waals surface area contributed by atoms with Gasteiger partial charge in [0.2, 0.25) is 0 Å². The monoisotopic (exact) mass is 664 g/mol. The largest absolute Gasteiger partial charge is 0.490 e. The fourth-order valence-electron chi connectivity index (χ4n) is 5.49. The molecule has 1 aliphatic heterocycles. The van der Waals surface area contributed by atoms with Crippen LogP contribution in [0.4, 0.5) is 26.7 Å². The molecule has 0 saturated carbocycles. The summed E-state index contributed by atoms with van der Waals surface area (Å²) in [4.78, 5) is 43.4. The van der Waals surface area contributed by atoms with Gasteiger partial charge in [-0.15, -0.1) is 0 Å². The molecule has 13 nitrogen and oxygen atoms in total. The van der Waals surface area contributed by atoms with Crippen molar-refractivity contribution in [1.82, 2.24) is 15.0 Å². The predicted molar refractivity (Wildman–Crippen MR) is 184 cm³/mol. The second-order valence-corrected chi connectivity index (χ2v) is 12.5. The third-order valence-electron chi connectivity index (χ3n) is 8.41. The Morgan fingerprint density at radius 3 is 2.48 bits per heavy atom. The highest BCUT2D eigenvalue weighted by atomic mass is 16.5. The number of aryl methyl sites for hydroxylation is 2. The number of fused-ring (bicyclic) bond motifs is 1. The van der Waals surface area contributed by atoms with Crippen LogP contribution in [0.5, 0.6) is 5.75 Å². The van der Waals surface area contributed by atoms with Gasteiger partial charge in [0.1, 0.15) is 17.1 Å². The van der Waals surface area contributed by atoms with Crippen LogP contribution >= 0.6 is 0 Å². The van der Waals surface area contributed by atoms with Crippen LogP contribution in [-0.4, -0.2) is 89.6 Å². The quantitative estimate of drug-likeness (QED) is 0.243. The predicted octanol–water partition coefficient (Wildman–Crippen LogP) is 5.89. The van der Waals surface area contributed by atoms with Gasteiger partial charge in [0.15, 0.2) is 5.76 Å². The molecule has 0 saturated heterocycles. The minimum absolute atomic E-state index is 0.197. The van der Waals surface area contributed by atoms with E-state index >= 15 is 0 Å². The lowest BCUT2D eigenvalue weighted by Crippen LogP contribution is -2.48. The topological polar surface area (TPSA) is 158 Å². The van der Waals surface area contributed by atoms with Crippen LogP contribution in [0.1, 0.15) is 61.8 Å². The number of aliphatic hydroxyl groups is 1. The Morgan fingerprint density at radius 1 is 1.06 bits per heavy atom. The highest BCUT2D eigenvalue weighted by Crippen LogP contribution is 2.29. The van der Waals surface area contributed by atoms with Crippen molar-refractivity contribution in [2.45, 2.75) is 72.1 Å². The maximum Gasteiger partial charge on any atom is 0.323 e. The van der Waals surface area contributed by atoms with Crippen LogP contribution in [0.25, 0.3) is 0 Å². The van der Waals surface area contributed by atoms with E-state index in [1.54, 1.807) is 68.0 Å². The maximum atomic E-state index is 14.3. The van der Waals surface area contributed by atoms with Crippen molar-refractivity contribution in [3.05, 3.63) is 65.5 Å². The maximum absolute atomic E-state index is 14.3. The molecule has 0 unspecified atom stereocenters. The first-order valence-electron chi connectivity index (χ1n) is 16.4. The fraction of sp³-hybridized carbons (Fsp3) is 0.486. The number of hydrogen-bond acceptors (Lipinski definition) is 8. The second kappa shape index (κ2) is 17.0. The third-order valence-corrected chi connectivity index (χ3v) is 8.41. The summed E-state index contributed by atoms with van der Waals surface area (Å²) >= 11 is 0. The molecule has 1 aromatic heterocycles. The molecule has 4 rings (SSSR count). The van der Waals surface area contributed by atoms with Crippen LogP contribution in [0, 0.1) is 19.8 Å². The fourth-order valence-corrected chi connectivity index (χ4v) is 5.49. The summed E-state index contributed by atoms with van der Waals surface area (Å²) in [7, 11) is 1.69. The molecule has 13 heteroatoms. The number of ether oxygens (including phenoxy) is 2. The lowest BCUT2D eigenvalue weighted by atomic mass is 10.0. The number of para-hydroxylation sites is 1. The molecule has 4 N–H and O–H groups in total.